The third-order valence-electron chi connectivity index (χ3n) is 6.67. The third kappa shape index (κ3) is 4.21. The van der Waals surface area contributed by atoms with Gasteiger partial charge in [0, 0.05) is 12.0 Å². The molecule has 2 N–H and O–H groups in total. The first kappa shape index (κ1) is 17.8. The molecular weight excluding hydrogens is 320 g/mol. The second-order valence-corrected chi connectivity index (χ2v) is 8.25. The SMILES string of the molecule is c1ccc(C(CCNC2CCC3(CCNCC3)CC2)c2ccco2)cc1. The molecule has 0 radical (unpaired) electrons. The van der Waals surface area contributed by atoms with E-state index in [4.69, 9.17) is 4.42 Å². The van der Waals surface area contributed by atoms with Crippen LogP contribution in [0.15, 0.2) is 53.1 Å². The molecule has 3 heteroatoms. The summed E-state index contributed by atoms with van der Waals surface area (Å²) in [4.78, 5) is 0. The summed E-state index contributed by atoms with van der Waals surface area (Å²) >= 11 is 0. The van der Waals surface area contributed by atoms with Gasteiger partial charge in [0.25, 0.3) is 0 Å². The summed E-state index contributed by atoms with van der Waals surface area (Å²) < 4.78 is 5.73. The molecular formula is C23H32N2O. The molecule has 1 aliphatic heterocycles. The molecule has 2 fully saturated rings. The zero-order valence-electron chi connectivity index (χ0n) is 15.8. The van der Waals surface area contributed by atoms with Crippen molar-refractivity contribution in [2.24, 2.45) is 5.41 Å². The van der Waals surface area contributed by atoms with Crippen molar-refractivity contribution in [2.45, 2.75) is 56.9 Å². The average Bonchev–Trinajstić information content (AvgIpc) is 3.23. The Bertz CT molecular complexity index is 636. The molecule has 0 amide bonds. The van der Waals surface area contributed by atoms with Gasteiger partial charge in [-0.1, -0.05) is 30.3 Å². The highest BCUT2D eigenvalue weighted by molar-refractivity contribution is 5.27. The van der Waals surface area contributed by atoms with Crippen molar-refractivity contribution in [3.8, 4) is 0 Å². The molecule has 4 rings (SSSR count). The monoisotopic (exact) mass is 352 g/mol. The van der Waals surface area contributed by atoms with E-state index in [1.807, 2.05) is 6.07 Å². The van der Waals surface area contributed by atoms with Crippen molar-refractivity contribution in [1.82, 2.24) is 10.6 Å². The highest BCUT2D eigenvalue weighted by Crippen LogP contribution is 2.43. The quantitative estimate of drug-likeness (QED) is 0.791. The molecule has 2 heterocycles. The van der Waals surface area contributed by atoms with Crippen molar-refractivity contribution in [3.63, 3.8) is 0 Å². The Morgan fingerprint density at radius 1 is 1.00 bits per heavy atom. The van der Waals surface area contributed by atoms with Gasteiger partial charge in [0.15, 0.2) is 0 Å². The summed E-state index contributed by atoms with van der Waals surface area (Å²) in [6.45, 7) is 3.50. The zero-order valence-corrected chi connectivity index (χ0v) is 15.8. The Morgan fingerprint density at radius 3 is 2.46 bits per heavy atom. The molecule has 0 bridgehead atoms. The lowest BCUT2D eigenvalue weighted by molar-refractivity contribution is 0.115. The number of hydrogen-bond donors (Lipinski definition) is 2. The van der Waals surface area contributed by atoms with Crippen LogP contribution in [-0.4, -0.2) is 25.7 Å². The molecule has 1 saturated heterocycles. The van der Waals surface area contributed by atoms with Gasteiger partial charge in [-0.2, -0.15) is 0 Å². The van der Waals surface area contributed by atoms with E-state index < -0.39 is 0 Å². The molecule has 140 valence electrons. The Kier molecular flexibility index (Phi) is 5.76. The number of benzene rings is 1. The first-order valence-corrected chi connectivity index (χ1v) is 10.4. The summed E-state index contributed by atoms with van der Waals surface area (Å²) in [6.07, 6.45) is 11.1. The normalized spacial score (nSPS) is 21.7. The predicted octanol–water partition coefficient (Wildman–Crippen LogP) is 4.70. The minimum atomic E-state index is 0.345. The van der Waals surface area contributed by atoms with Crippen molar-refractivity contribution in [3.05, 3.63) is 60.1 Å². The van der Waals surface area contributed by atoms with Crippen molar-refractivity contribution >= 4 is 0 Å². The van der Waals surface area contributed by atoms with Crippen LogP contribution < -0.4 is 10.6 Å². The van der Waals surface area contributed by atoms with Crippen LogP contribution in [0.4, 0.5) is 0 Å². The van der Waals surface area contributed by atoms with E-state index in [0.717, 1.165) is 18.7 Å². The molecule has 3 nitrogen and oxygen atoms in total. The molecule has 2 aromatic rings. The summed E-state index contributed by atoms with van der Waals surface area (Å²) in [5, 5.41) is 7.37. The third-order valence-corrected chi connectivity index (χ3v) is 6.67. The van der Waals surface area contributed by atoms with Gasteiger partial charge in [-0.25, -0.2) is 0 Å². The number of furan rings is 1. The maximum Gasteiger partial charge on any atom is 0.111 e. The summed E-state index contributed by atoms with van der Waals surface area (Å²) in [5.74, 6) is 1.42. The Hall–Kier alpha value is -1.58. The summed E-state index contributed by atoms with van der Waals surface area (Å²) in [6, 6.07) is 15.6. The van der Waals surface area contributed by atoms with E-state index >= 15 is 0 Å². The van der Waals surface area contributed by atoms with Crippen molar-refractivity contribution in [2.75, 3.05) is 19.6 Å². The topological polar surface area (TPSA) is 37.2 Å². The molecule has 1 unspecified atom stereocenters. The van der Waals surface area contributed by atoms with Crippen LogP contribution in [0.3, 0.4) is 0 Å². The minimum Gasteiger partial charge on any atom is -0.469 e. The van der Waals surface area contributed by atoms with Crippen molar-refractivity contribution in [1.29, 1.82) is 0 Å². The highest BCUT2D eigenvalue weighted by Gasteiger charge is 2.35. The molecule has 1 atom stereocenters. The molecule has 1 aromatic heterocycles. The Morgan fingerprint density at radius 2 is 1.77 bits per heavy atom. The standard InChI is InChI=1S/C23H32N2O/c1-2-5-19(6-3-1)21(22-7-4-18-26-22)10-15-25-20-8-11-23(12-9-20)13-16-24-17-14-23/h1-7,18,20-21,24-25H,8-17H2. The van der Waals surface area contributed by atoms with Gasteiger partial charge in [0.1, 0.15) is 5.76 Å². The Balaban J connectivity index is 1.29. The van der Waals surface area contributed by atoms with E-state index in [0.29, 0.717) is 17.4 Å². The van der Waals surface area contributed by atoms with Gasteiger partial charge < -0.3 is 15.1 Å². The maximum atomic E-state index is 5.73. The molecule has 1 aromatic carbocycles. The molecule has 1 spiro atoms. The van der Waals surface area contributed by atoms with E-state index in [1.54, 1.807) is 6.26 Å². The van der Waals surface area contributed by atoms with E-state index in [1.165, 1.54) is 57.2 Å². The van der Waals surface area contributed by atoms with Gasteiger partial charge in [0.05, 0.1) is 6.26 Å². The smallest absolute Gasteiger partial charge is 0.111 e. The van der Waals surface area contributed by atoms with Gasteiger partial charge in [-0.3, -0.25) is 0 Å². The van der Waals surface area contributed by atoms with Crippen LogP contribution in [0.25, 0.3) is 0 Å². The van der Waals surface area contributed by atoms with Crippen molar-refractivity contribution < 1.29 is 4.42 Å². The largest absolute Gasteiger partial charge is 0.469 e. The average molecular weight is 353 g/mol. The van der Waals surface area contributed by atoms with Gasteiger partial charge in [0.2, 0.25) is 0 Å². The van der Waals surface area contributed by atoms with Gasteiger partial charge in [-0.15, -0.1) is 0 Å². The number of rotatable bonds is 6. The van der Waals surface area contributed by atoms with Crippen LogP contribution in [0.5, 0.6) is 0 Å². The van der Waals surface area contributed by atoms with E-state index in [2.05, 4.69) is 47.0 Å². The fraction of sp³-hybridized carbons (Fsp3) is 0.565. The lowest BCUT2D eigenvalue weighted by Crippen LogP contribution is -2.43. The van der Waals surface area contributed by atoms with Gasteiger partial charge in [-0.05, 0) is 87.7 Å². The molecule has 1 aliphatic carbocycles. The van der Waals surface area contributed by atoms with E-state index in [9.17, 15) is 0 Å². The van der Waals surface area contributed by atoms with Crippen LogP contribution in [0.2, 0.25) is 0 Å². The fourth-order valence-corrected chi connectivity index (χ4v) is 4.97. The van der Waals surface area contributed by atoms with Crippen LogP contribution >= 0.6 is 0 Å². The second kappa shape index (κ2) is 8.41. The predicted molar refractivity (Wildman–Crippen MR) is 106 cm³/mol. The lowest BCUT2D eigenvalue weighted by atomic mass is 9.67. The number of hydrogen-bond acceptors (Lipinski definition) is 3. The maximum absolute atomic E-state index is 5.73. The summed E-state index contributed by atoms with van der Waals surface area (Å²) in [7, 11) is 0. The highest BCUT2D eigenvalue weighted by atomic mass is 16.3. The van der Waals surface area contributed by atoms with Crippen LogP contribution in [0, 0.1) is 5.41 Å². The lowest BCUT2D eigenvalue weighted by Gasteiger charge is -2.43. The minimum absolute atomic E-state index is 0.345. The number of piperidine rings is 1. The molecule has 1 saturated carbocycles. The first-order chi connectivity index (χ1) is 12.8. The summed E-state index contributed by atoms with van der Waals surface area (Å²) in [5.41, 5.74) is 2.01. The number of nitrogens with one attached hydrogen (secondary N) is 2. The Labute approximate surface area is 157 Å². The second-order valence-electron chi connectivity index (χ2n) is 8.25. The molecule has 26 heavy (non-hydrogen) atoms. The van der Waals surface area contributed by atoms with E-state index in [-0.39, 0.29) is 0 Å². The zero-order chi connectivity index (χ0) is 17.7. The molecule has 2 aliphatic rings. The van der Waals surface area contributed by atoms with Crippen LogP contribution in [0.1, 0.15) is 62.2 Å². The first-order valence-electron chi connectivity index (χ1n) is 10.4. The van der Waals surface area contributed by atoms with Gasteiger partial charge >= 0.3 is 0 Å². The van der Waals surface area contributed by atoms with Crippen LogP contribution in [-0.2, 0) is 0 Å². The fourth-order valence-electron chi connectivity index (χ4n) is 4.97.